The summed E-state index contributed by atoms with van der Waals surface area (Å²) in [5.41, 5.74) is 2.08. The highest BCUT2D eigenvalue weighted by molar-refractivity contribution is 5.96. The van der Waals surface area contributed by atoms with Gasteiger partial charge in [-0.25, -0.2) is 9.78 Å². The zero-order chi connectivity index (χ0) is 20.3. The number of ether oxygens (including phenoxy) is 1. The van der Waals surface area contributed by atoms with Crippen molar-refractivity contribution in [3.8, 4) is 0 Å². The van der Waals surface area contributed by atoms with Crippen LogP contribution in [0.15, 0.2) is 48.5 Å². The van der Waals surface area contributed by atoms with Crippen LogP contribution in [0.5, 0.6) is 0 Å². The molecule has 146 valence electrons. The van der Waals surface area contributed by atoms with Gasteiger partial charge in [0.05, 0.1) is 17.1 Å². The van der Waals surface area contributed by atoms with Crippen molar-refractivity contribution in [1.82, 2.24) is 15.3 Å². The van der Waals surface area contributed by atoms with Crippen molar-refractivity contribution in [2.45, 2.75) is 39.3 Å². The van der Waals surface area contributed by atoms with Crippen LogP contribution >= 0.6 is 0 Å². The lowest BCUT2D eigenvalue weighted by Crippen LogP contribution is -2.28. The Hall–Kier alpha value is -3.35. The minimum absolute atomic E-state index is 0.263. The summed E-state index contributed by atoms with van der Waals surface area (Å²) in [4.78, 5) is 32.2. The lowest BCUT2D eigenvalue weighted by Gasteiger charge is -2.19. The Morgan fingerprint density at radius 1 is 1.11 bits per heavy atom. The number of para-hydroxylation sites is 2. The molecule has 1 atom stereocenters. The van der Waals surface area contributed by atoms with Gasteiger partial charge in [0.25, 0.3) is 5.91 Å². The van der Waals surface area contributed by atoms with Gasteiger partial charge in [-0.3, -0.25) is 10.1 Å². The number of aromatic amines is 1. The highest BCUT2D eigenvalue weighted by atomic mass is 16.6. The number of nitrogens with zero attached hydrogens (tertiary/aromatic N) is 1. The van der Waals surface area contributed by atoms with E-state index in [-0.39, 0.29) is 11.9 Å². The molecule has 0 radical (unpaired) electrons. The van der Waals surface area contributed by atoms with Gasteiger partial charge in [-0.05, 0) is 58.0 Å². The Balaban J connectivity index is 1.67. The molecule has 0 aliphatic rings. The van der Waals surface area contributed by atoms with Crippen LogP contribution in [-0.4, -0.2) is 27.6 Å². The second-order valence-corrected chi connectivity index (χ2v) is 7.54. The number of nitrogens with one attached hydrogen (secondary N) is 3. The number of imidazole rings is 1. The maximum Gasteiger partial charge on any atom is 0.412 e. The van der Waals surface area contributed by atoms with Crippen LogP contribution in [0.25, 0.3) is 11.0 Å². The van der Waals surface area contributed by atoms with Gasteiger partial charge in [0, 0.05) is 11.3 Å². The van der Waals surface area contributed by atoms with Crippen molar-refractivity contribution in [1.29, 1.82) is 0 Å². The van der Waals surface area contributed by atoms with Crippen molar-refractivity contribution in [3.05, 3.63) is 59.9 Å². The molecule has 1 heterocycles. The Morgan fingerprint density at radius 2 is 1.86 bits per heavy atom. The summed E-state index contributed by atoms with van der Waals surface area (Å²) >= 11 is 0. The van der Waals surface area contributed by atoms with Gasteiger partial charge in [0.2, 0.25) is 0 Å². The van der Waals surface area contributed by atoms with E-state index >= 15 is 0 Å². The van der Waals surface area contributed by atoms with Gasteiger partial charge >= 0.3 is 6.09 Å². The summed E-state index contributed by atoms with van der Waals surface area (Å²) in [5.74, 6) is 0.415. The molecule has 7 heteroatoms. The summed E-state index contributed by atoms with van der Waals surface area (Å²) in [5, 5.41) is 5.55. The topological polar surface area (TPSA) is 96.1 Å². The van der Waals surface area contributed by atoms with Gasteiger partial charge in [-0.1, -0.05) is 18.2 Å². The van der Waals surface area contributed by atoms with E-state index in [1.807, 2.05) is 31.2 Å². The highest BCUT2D eigenvalue weighted by Gasteiger charge is 2.18. The predicted molar refractivity (Wildman–Crippen MR) is 108 cm³/mol. The SMILES string of the molecule is C[C@@H](NC(=O)c1cccc(NC(=O)OC(C)(C)C)c1)c1nc2ccccc2[nH]1. The molecule has 0 fully saturated rings. The summed E-state index contributed by atoms with van der Waals surface area (Å²) in [6.45, 7) is 7.22. The number of aromatic nitrogens is 2. The Labute approximate surface area is 163 Å². The molecule has 3 aromatic rings. The quantitative estimate of drug-likeness (QED) is 0.625. The lowest BCUT2D eigenvalue weighted by molar-refractivity contribution is 0.0635. The van der Waals surface area contributed by atoms with Gasteiger partial charge in [0.1, 0.15) is 11.4 Å². The molecule has 7 nitrogen and oxygen atoms in total. The lowest BCUT2D eigenvalue weighted by atomic mass is 10.1. The number of rotatable bonds is 4. The average molecular weight is 380 g/mol. The van der Waals surface area contributed by atoms with Crippen molar-refractivity contribution in [2.24, 2.45) is 0 Å². The molecule has 0 spiro atoms. The van der Waals surface area contributed by atoms with Gasteiger partial charge in [0.15, 0.2) is 0 Å². The minimum Gasteiger partial charge on any atom is -0.444 e. The number of hydrogen-bond acceptors (Lipinski definition) is 4. The third-order valence-corrected chi connectivity index (χ3v) is 3.94. The molecule has 0 saturated carbocycles. The summed E-state index contributed by atoms with van der Waals surface area (Å²) in [7, 11) is 0. The molecule has 0 saturated heterocycles. The van der Waals surface area contributed by atoms with Gasteiger partial charge in [-0.15, -0.1) is 0 Å². The minimum atomic E-state index is -0.596. The molecule has 3 rings (SSSR count). The Morgan fingerprint density at radius 3 is 2.57 bits per heavy atom. The first-order valence-electron chi connectivity index (χ1n) is 9.07. The van der Waals surface area contributed by atoms with E-state index in [4.69, 9.17) is 4.74 Å². The number of fused-ring (bicyclic) bond motifs is 1. The van der Waals surface area contributed by atoms with Crippen molar-refractivity contribution in [3.63, 3.8) is 0 Å². The number of benzene rings is 2. The van der Waals surface area contributed by atoms with E-state index in [0.29, 0.717) is 17.1 Å². The molecule has 0 aliphatic carbocycles. The van der Waals surface area contributed by atoms with Crippen molar-refractivity contribution in [2.75, 3.05) is 5.32 Å². The predicted octanol–water partition coefficient (Wildman–Crippen LogP) is 4.40. The Kier molecular flexibility index (Phi) is 5.35. The maximum atomic E-state index is 12.6. The molecule has 28 heavy (non-hydrogen) atoms. The first kappa shape index (κ1) is 19.4. The average Bonchev–Trinajstić information content (AvgIpc) is 3.04. The fourth-order valence-corrected chi connectivity index (χ4v) is 2.69. The van der Waals surface area contributed by atoms with Crippen LogP contribution in [0, 0.1) is 0 Å². The molecule has 2 amide bonds. The fourth-order valence-electron chi connectivity index (χ4n) is 2.69. The molecule has 0 bridgehead atoms. The van der Waals surface area contributed by atoms with E-state index in [1.54, 1.807) is 45.0 Å². The zero-order valence-electron chi connectivity index (χ0n) is 16.4. The number of carbonyl (C=O) groups excluding carboxylic acids is 2. The van der Waals surface area contributed by atoms with Crippen LogP contribution in [0.4, 0.5) is 10.5 Å². The van der Waals surface area contributed by atoms with Gasteiger partial charge in [-0.2, -0.15) is 0 Å². The van der Waals surface area contributed by atoms with E-state index in [0.717, 1.165) is 11.0 Å². The number of anilines is 1. The van der Waals surface area contributed by atoms with Crippen LogP contribution < -0.4 is 10.6 Å². The molecular weight excluding hydrogens is 356 g/mol. The second-order valence-electron chi connectivity index (χ2n) is 7.54. The van der Waals surface area contributed by atoms with E-state index in [2.05, 4.69) is 20.6 Å². The molecular formula is C21H24N4O3. The monoisotopic (exact) mass is 380 g/mol. The number of carbonyl (C=O) groups is 2. The third-order valence-electron chi connectivity index (χ3n) is 3.94. The smallest absolute Gasteiger partial charge is 0.412 e. The van der Waals surface area contributed by atoms with Crippen LogP contribution in [0.3, 0.4) is 0 Å². The first-order valence-corrected chi connectivity index (χ1v) is 9.07. The number of hydrogen-bond donors (Lipinski definition) is 3. The molecule has 2 aromatic carbocycles. The first-order chi connectivity index (χ1) is 13.2. The zero-order valence-corrected chi connectivity index (χ0v) is 16.4. The number of amides is 2. The summed E-state index contributed by atoms with van der Waals surface area (Å²) in [6, 6.07) is 14.1. The maximum absolute atomic E-state index is 12.6. The fraction of sp³-hybridized carbons (Fsp3) is 0.286. The standard InChI is InChI=1S/C21H24N4O3/c1-13(18-24-16-10-5-6-11-17(16)25-18)22-19(26)14-8-7-9-15(12-14)23-20(27)28-21(2,3)4/h5-13H,1-4H3,(H,22,26)(H,23,27)(H,24,25)/t13-/m1/s1. The van der Waals surface area contributed by atoms with Gasteiger partial charge < -0.3 is 15.0 Å². The van der Waals surface area contributed by atoms with E-state index in [1.165, 1.54) is 0 Å². The van der Waals surface area contributed by atoms with Crippen molar-refractivity contribution >= 4 is 28.7 Å². The number of H-pyrrole nitrogens is 1. The van der Waals surface area contributed by atoms with Crippen LogP contribution in [-0.2, 0) is 4.74 Å². The third kappa shape index (κ3) is 4.88. The molecule has 0 unspecified atom stereocenters. The summed E-state index contributed by atoms with van der Waals surface area (Å²) < 4.78 is 5.23. The highest BCUT2D eigenvalue weighted by Crippen LogP contribution is 2.17. The molecule has 1 aromatic heterocycles. The van der Waals surface area contributed by atoms with Crippen molar-refractivity contribution < 1.29 is 14.3 Å². The molecule has 3 N–H and O–H groups in total. The van der Waals surface area contributed by atoms with E-state index < -0.39 is 11.7 Å². The van der Waals surface area contributed by atoms with Crippen LogP contribution in [0.1, 0.15) is 49.9 Å². The summed E-state index contributed by atoms with van der Waals surface area (Å²) in [6.07, 6.45) is -0.569. The van der Waals surface area contributed by atoms with Crippen LogP contribution in [0.2, 0.25) is 0 Å². The Bertz CT molecular complexity index is 971. The van der Waals surface area contributed by atoms with E-state index in [9.17, 15) is 9.59 Å². The second kappa shape index (κ2) is 7.72. The molecule has 0 aliphatic heterocycles. The largest absolute Gasteiger partial charge is 0.444 e. The normalized spacial score (nSPS) is 12.4.